The minimum absolute atomic E-state index is 0.0297. The maximum absolute atomic E-state index is 12.7. The third-order valence-electron chi connectivity index (χ3n) is 5.30. The Balaban J connectivity index is 1.56. The Kier molecular flexibility index (Phi) is 6.08. The number of hydrogen-bond donors (Lipinski definition) is 2. The van der Waals surface area contributed by atoms with Crippen LogP contribution in [0.15, 0.2) is 35.3 Å². The van der Waals surface area contributed by atoms with Gasteiger partial charge >= 0.3 is 5.97 Å². The van der Waals surface area contributed by atoms with Gasteiger partial charge in [0.05, 0.1) is 24.9 Å². The lowest BCUT2D eigenvalue weighted by molar-refractivity contribution is -0.137. The van der Waals surface area contributed by atoms with Gasteiger partial charge < -0.3 is 19.7 Å². The first-order chi connectivity index (χ1) is 14.6. The molecule has 3 heterocycles. The number of hydrogen-bond acceptors (Lipinski definition) is 6. The zero-order chi connectivity index (χ0) is 20.9. The first-order valence-electron chi connectivity index (χ1n) is 10.2. The molecule has 0 unspecified atom stereocenters. The second-order valence-electron chi connectivity index (χ2n) is 7.42. The van der Waals surface area contributed by atoms with Crippen LogP contribution in [0.5, 0.6) is 0 Å². The summed E-state index contributed by atoms with van der Waals surface area (Å²) in [7, 11) is 0. The average Bonchev–Trinajstić information content (AvgIpc) is 3.22. The molecule has 1 aromatic carbocycles. The number of H-pyrrole nitrogens is 1. The van der Waals surface area contributed by atoms with Crippen molar-refractivity contribution in [2.75, 3.05) is 31.2 Å². The molecule has 1 fully saturated rings. The molecule has 2 aromatic heterocycles. The predicted octanol–water partition coefficient (Wildman–Crippen LogP) is 2.27. The normalized spacial score (nSPS) is 14.3. The van der Waals surface area contributed by atoms with Crippen LogP contribution in [0.4, 0.5) is 5.82 Å². The monoisotopic (exact) mass is 411 g/mol. The number of fused-ring (bicyclic) bond motifs is 1. The fourth-order valence-corrected chi connectivity index (χ4v) is 3.70. The van der Waals surface area contributed by atoms with Crippen LogP contribution in [0, 0.1) is 0 Å². The van der Waals surface area contributed by atoms with Gasteiger partial charge in [0.1, 0.15) is 11.5 Å². The molecule has 9 heteroatoms. The van der Waals surface area contributed by atoms with E-state index in [9.17, 15) is 9.59 Å². The molecular formula is C21H25N5O4. The van der Waals surface area contributed by atoms with Gasteiger partial charge in [-0.2, -0.15) is 0 Å². The fourth-order valence-electron chi connectivity index (χ4n) is 3.70. The Morgan fingerprint density at radius 1 is 1.20 bits per heavy atom. The van der Waals surface area contributed by atoms with Gasteiger partial charge in [-0.3, -0.25) is 14.3 Å². The first-order valence-corrected chi connectivity index (χ1v) is 10.2. The minimum Gasteiger partial charge on any atom is -0.481 e. The number of morpholine rings is 1. The summed E-state index contributed by atoms with van der Waals surface area (Å²) in [5.74, 6) is 0.0218. The van der Waals surface area contributed by atoms with Crippen molar-refractivity contribution in [1.82, 2.24) is 20.0 Å². The predicted molar refractivity (Wildman–Crippen MR) is 113 cm³/mol. The second kappa shape index (κ2) is 9.08. The molecule has 0 aliphatic carbocycles. The molecule has 0 atom stereocenters. The zero-order valence-corrected chi connectivity index (χ0v) is 16.7. The molecule has 0 radical (unpaired) electrons. The molecule has 0 saturated carbocycles. The maximum atomic E-state index is 12.7. The summed E-state index contributed by atoms with van der Waals surface area (Å²) in [4.78, 5) is 28.8. The van der Waals surface area contributed by atoms with Crippen molar-refractivity contribution in [1.29, 1.82) is 0 Å². The largest absolute Gasteiger partial charge is 0.481 e. The molecular weight excluding hydrogens is 386 g/mol. The highest BCUT2D eigenvalue weighted by Gasteiger charge is 2.16. The van der Waals surface area contributed by atoms with Crippen molar-refractivity contribution in [3.63, 3.8) is 0 Å². The number of para-hydroxylation sites is 1. The van der Waals surface area contributed by atoms with Crippen LogP contribution in [0.2, 0.25) is 0 Å². The van der Waals surface area contributed by atoms with Gasteiger partial charge in [-0.1, -0.05) is 23.8 Å². The Hall–Kier alpha value is -3.20. The molecule has 30 heavy (non-hydrogen) atoms. The molecule has 0 amide bonds. The number of benzene rings is 1. The number of nitrogens with one attached hydrogen (secondary N) is 1. The molecule has 1 aliphatic heterocycles. The third kappa shape index (κ3) is 4.51. The highest BCUT2D eigenvalue weighted by atomic mass is 16.5. The third-order valence-corrected chi connectivity index (χ3v) is 5.30. The number of aliphatic carboxylic acids is 1. The number of aromatic amines is 1. The Morgan fingerprint density at radius 3 is 2.83 bits per heavy atom. The quantitative estimate of drug-likeness (QED) is 0.547. The number of carboxylic acids is 1. The molecule has 0 bridgehead atoms. The van der Waals surface area contributed by atoms with E-state index in [2.05, 4.69) is 20.2 Å². The number of pyridine rings is 1. The lowest BCUT2D eigenvalue weighted by atomic mass is 10.1. The summed E-state index contributed by atoms with van der Waals surface area (Å²) in [5, 5.41) is 17.8. The maximum Gasteiger partial charge on any atom is 0.303 e. The van der Waals surface area contributed by atoms with Crippen molar-refractivity contribution in [3.05, 3.63) is 40.7 Å². The van der Waals surface area contributed by atoms with E-state index in [1.54, 1.807) is 10.7 Å². The second-order valence-corrected chi connectivity index (χ2v) is 7.42. The van der Waals surface area contributed by atoms with Crippen molar-refractivity contribution < 1.29 is 14.6 Å². The molecule has 1 aliphatic rings. The molecule has 1 saturated heterocycles. The van der Waals surface area contributed by atoms with Crippen molar-refractivity contribution in [2.24, 2.45) is 0 Å². The summed E-state index contributed by atoms with van der Waals surface area (Å²) < 4.78 is 7.17. The van der Waals surface area contributed by atoms with E-state index in [-0.39, 0.29) is 11.8 Å². The number of carbonyl (C=O) groups is 1. The first kappa shape index (κ1) is 20.1. The number of unbranched alkanes of at least 4 members (excludes halogenated alkanes) is 2. The van der Waals surface area contributed by atoms with Crippen LogP contribution in [-0.4, -0.2) is 57.4 Å². The summed E-state index contributed by atoms with van der Waals surface area (Å²) in [6.07, 6.45) is 4.38. The molecule has 3 aromatic rings. The smallest absolute Gasteiger partial charge is 0.303 e. The lowest BCUT2D eigenvalue weighted by Gasteiger charge is -2.28. The molecule has 0 spiro atoms. The van der Waals surface area contributed by atoms with E-state index >= 15 is 0 Å². The molecule has 2 N–H and O–H groups in total. The van der Waals surface area contributed by atoms with Crippen LogP contribution in [0.1, 0.15) is 25.7 Å². The van der Waals surface area contributed by atoms with E-state index in [0.717, 1.165) is 42.8 Å². The van der Waals surface area contributed by atoms with E-state index in [1.165, 1.54) is 0 Å². The Labute approximate surface area is 173 Å². The Morgan fingerprint density at radius 2 is 2.03 bits per heavy atom. The summed E-state index contributed by atoms with van der Waals surface area (Å²) in [5.41, 5.74) is 2.25. The topological polar surface area (TPSA) is 113 Å². The number of aromatic nitrogens is 4. The van der Waals surface area contributed by atoms with E-state index in [0.29, 0.717) is 37.3 Å². The van der Waals surface area contributed by atoms with Crippen LogP contribution in [0.3, 0.4) is 0 Å². The van der Waals surface area contributed by atoms with Crippen molar-refractivity contribution in [3.8, 4) is 11.3 Å². The number of aryl methyl sites for hydroxylation is 1. The fraction of sp³-hybridized carbons (Fsp3) is 0.429. The SMILES string of the molecule is O=C(O)CCCCCn1cc(-c2cccc3c(=O)cc(N4CCOCC4)[nH]c23)nn1. The zero-order valence-electron chi connectivity index (χ0n) is 16.7. The van der Waals surface area contributed by atoms with Crippen molar-refractivity contribution in [2.45, 2.75) is 32.2 Å². The lowest BCUT2D eigenvalue weighted by Crippen LogP contribution is -2.37. The van der Waals surface area contributed by atoms with Gasteiger partial charge in [-0.05, 0) is 18.9 Å². The summed E-state index contributed by atoms with van der Waals surface area (Å²) in [6.45, 7) is 3.43. The highest BCUT2D eigenvalue weighted by Crippen LogP contribution is 2.26. The van der Waals surface area contributed by atoms with Crippen LogP contribution >= 0.6 is 0 Å². The average molecular weight is 411 g/mol. The number of rotatable bonds is 8. The number of ether oxygens (including phenoxy) is 1. The summed E-state index contributed by atoms with van der Waals surface area (Å²) >= 11 is 0. The minimum atomic E-state index is -0.764. The van der Waals surface area contributed by atoms with Gasteiger partial charge in [0, 0.05) is 43.1 Å². The van der Waals surface area contributed by atoms with Gasteiger partial charge in [0.25, 0.3) is 0 Å². The molecule has 4 rings (SSSR count). The van der Waals surface area contributed by atoms with Crippen molar-refractivity contribution >= 4 is 22.7 Å². The molecule has 158 valence electrons. The van der Waals surface area contributed by atoms with Gasteiger partial charge in [-0.15, -0.1) is 5.10 Å². The van der Waals surface area contributed by atoms with Crippen LogP contribution < -0.4 is 10.3 Å². The van der Waals surface area contributed by atoms with Crippen LogP contribution in [0.25, 0.3) is 22.2 Å². The standard InChI is InChI=1S/C21H25N5O4/c27-18-13-19(25-9-11-30-12-10-25)22-21-15(5-4-6-16(18)21)17-14-26(24-23-17)8-3-1-2-7-20(28)29/h4-6,13-14H,1-3,7-12H2,(H,22,27)(H,28,29). The van der Waals surface area contributed by atoms with Crippen LogP contribution in [-0.2, 0) is 16.1 Å². The highest BCUT2D eigenvalue weighted by molar-refractivity contribution is 5.93. The van der Waals surface area contributed by atoms with E-state index in [1.807, 2.05) is 24.4 Å². The van der Waals surface area contributed by atoms with E-state index in [4.69, 9.17) is 9.84 Å². The number of anilines is 1. The molecule has 9 nitrogen and oxygen atoms in total. The summed E-state index contributed by atoms with van der Waals surface area (Å²) in [6, 6.07) is 7.24. The van der Waals surface area contributed by atoms with Gasteiger partial charge in [0.15, 0.2) is 5.43 Å². The number of carboxylic acid groups (broad SMARTS) is 1. The Bertz CT molecular complexity index is 1080. The van der Waals surface area contributed by atoms with Gasteiger partial charge in [-0.25, -0.2) is 0 Å². The van der Waals surface area contributed by atoms with Gasteiger partial charge in [0.2, 0.25) is 0 Å². The number of nitrogens with zero attached hydrogens (tertiary/aromatic N) is 4. The van der Waals surface area contributed by atoms with E-state index < -0.39 is 5.97 Å².